The van der Waals surface area contributed by atoms with Gasteiger partial charge in [0.05, 0.1) is 19.2 Å². The van der Waals surface area contributed by atoms with Crippen LogP contribution in [0.25, 0.3) is 0 Å². The molecule has 0 saturated heterocycles. The van der Waals surface area contributed by atoms with Crippen LogP contribution >= 0.6 is 0 Å². The van der Waals surface area contributed by atoms with Crippen LogP contribution in [0.2, 0.25) is 0 Å². The summed E-state index contributed by atoms with van der Waals surface area (Å²) in [4.78, 5) is 12.6. The number of rotatable bonds is 11. The molecular weight excluding hydrogens is 428 g/mol. The van der Waals surface area contributed by atoms with Crippen LogP contribution in [-0.2, 0) is 10.7 Å². The number of nitrogens with zero attached hydrogens (tertiary/aromatic N) is 1. The maximum absolute atomic E-state index is 15.1. The molecule has 0 aliphatic carbocycles. The second-order valence-corrected chi connectivity index (χ2v) is 7.74. The number of ether oxygens (including phenoxy) is 2. The van der Waals surface area contributed by atoms with Crippen molar-refractivity contribution in [3.05, 3.63) is 95.6 Å². The maximum atomic E-state index is 15.1. The van der Waals surface area contributed by atoms with Crippen LogP contribution in [0.4, 0.5) is 8.78 Å². The van der Waals surface area contributed by atoms with Gasteiger partial charge < -0.3 is 14.6 Å². The van der Waals surface area contributed by atoms with E-state index in [1.807, 2.05) is 30.3 Å². The summed E-state index contributed by atoms with van der Waals surface area (Å²) in [5, 5.41) is 8.97. The summed E-state index contributed by atoms with van der Waals surface area (Å²) in [7, 11) is 3.09. The molecule has 5 nitrogen and oxygen atoms in total. The highest BCUT2D eigenvalue weighted by Crippen LogP contribution is 2.41. The Morgan fingerprint density at radius 3 is 2.27 bits per heavy atom. The lowest BCUT2D eigenvalue weighted by Gasteiger charge is -2.23. The summed E-state index contributed by atoms with van der Waals surface area (Å²) in [6.07, 6.45) is 0.176. The highest BCUT2D eigenvalue weighted by molar-refractivity contribution is 5.69. The standard InChI is InChI=1S/C26H27F2NO4/c1-29(18-25(30)31)17-16-23(19-8-4-3-5-9-19)33-21-14-12-20(13-15-21)26(27,28)22-10-6-7-11-24(22)32-2/h3-15,23H,16-18H2,1-2H3,(H,30,31). The molecule has 0 amide bonds. The van der Waals surface area contributed by atoms with Crippen molar-refractivity contribution in [1.29, 1.82) is 0 Å². The molecule has 174 valence electrons. The maximum Gasteiger partial charge on any atom is 0.317 e. The van der Waals surface area contributed by atoms with E-state index in [1.54, 1.807) is 24.1 Å². The SMILES string of the molecule is COc1ccccc1C(F)(F)c1ccc(OC(CCN(C)CC(=O)O)c2ccccc2)cc1. The zero-order valence-corrected chi connectivity index (χ0v) is 18.6. The third-order valence-electron chi connectivity index (χ3n) is 5.29. The molecule has 1 atom stereocenters. The molecule has 0 aliphatic heterocycles. The summed E-state index contributed by atoms with van der Waals surface area (Å²) >= 11 is 0. The predicted octanol–water partition coefficient (Wildman–Crippen LogP) is 5.36. The Morgan fingerprint density at radius 2 is 1.64 bits per heavy atom. The molecule has 0 heterocycles. The lowest BCUT2D eigenvalue weighted by Crippen LogP contribution is -2.28. The summed E-state index contributed by atoms with van der Waals surface area (Å²) in [6.45, 7) is 0.421. The Hall–Kier alpha value is -3.45. The van der Waals surface area contributed by atoms with Gasteiger partial charge in [-0.2, -0.15) is 8.78 Å². The molecule has 0 spiro atoms. The molecule has 0 radical (unpaired) electrons. The van der Waals surface area contributed by atoms with Gasteiger partial charge in [0.2, 0.25) is 0 Å². The summed E-state index contributed by atoms with van der Waals surface area (Å²) in [5.74, 6) is -3.56. The van der Waals surface area contributed by atoms with Gasteiger partial charge in [0.1, 0.15) is 17.6 Å². The number of carboxylic acid groups (broad SMARTS) is 1. The third-order valence-corrected chi connectivity index (χ3v) is 5.29. The minimum absolute atomic E-state index is 0.0752. The van der Waals surface area contributed by atoms with Crippen LogP contribution in [0.1, 0.15) is 29.2 Å². The second kappa shape index (κ2) is 10.9. The van der Waals surface area contributed by atoms with E-state index < -0.39 is 11.9 Å². The number of methoxy groups -OCH3 is 1. The molecule has 1 unspecified atom stereocenters. The number of benzene rings is 3. The fourth-order valence-electron chi connectivity index (χ4n) is 3.58. The lowest BCUT2D eigenvalue weighted by atomic mass is 9.99. The Labute approximate surface area is 192 Å². The molecule has 7 heteroatoms. The molecule has 3 rings (SSSR count). The number of halogens is 2. The molecule has 0 aliphatic rings. The largest absolute Gasteiger partial charge is 0.496 e. The van der Waals surface area contributed by atoms with Crippen LogP contribution in [0.15, 0.2) is 78.9 Å². The normalized spacial score (nSPS) is 12.4. The van der Waals surface area contributed by atoms with Gasteiger partial charge >= 0.3 is 11.9 Å². The van der Waals surface area contributed by atoms with Gasteiger partial charge in [-0.15, -0.1) is 0 Å². The van der Waals surface area contributed by atoms with Gasteiger partial charge in [0.25, 0.3) is 0 Å². The van der Waals surface area contributed by atoms with Crippen molar-refractivity contribution in [2.24, 2.45) is 0 Å². The highest BCUT2D eigenvalue weighted by Gasteiger charge is 2.36. The van der Waals surface area contributed by atoms with E-state index >= 15 is 8.78 Å². The van der Waals surface area contributed by atoms with Crippen LogP contribution < -0.4 is 9.47 Å². The van der Waals surface area contributed by atoms with Crippen molar-refractivity contribution in [3.63, 3.8) is 0 Å². The first kappa shape index (κ1) is 24.2. The number of hydrogen-bond acceptors (Lipinski definition) is 4. The Balaban J connectivity index is 1.78. The topological polar surface area (TPSA) is 59.0 Å². The van der Waals surface area contributed by atoms with E-state index in [9.17, 15) is 4.79 Å². The van der Waals surface area contributed by atoms with E-state index in [0.29, 0.717) is 18.7 Å². The fraction of sp³-hybridized carbons (Fsp3) is 0.269. The molecule has 3 aromatic rings. The smallest absolute Gasteiger partial charge is 0.317 e. The van der Waals surface area contributed by atoms with Gasteiger partial charge in [-0.05, 0) is 49.0 Å². The van der Waals surface area contributed by atoms with Gasteiger partial charge in [0, 0.05) is 18.5 Å². The van der Waals surface area contributed by atoms with Crippen molar-refractivity contribution in [2.45, 2.75) is 18.4 Å². The number of alkyl halides is 2. The van der Waals surface area contributed by atoms with Crippen LogP contribution in [0.5, 0.6) is 11.5 Å². The van der Waals surface area contributed by atoms with Gasteiger partial charge in [-0.3, -0.25) is 9.69 Å². The number of aliphatic carboxylic acids is 1. The number of carbonyl (C=O) groups is 1. The minimum Gasteiger partial charge on any atom is -0.496 e. The highest BCUT2D eigenvalue weighted by atomic mass is 19.3. The molecule has 3 aromatic carbocycles. The number of likely N-dealkylation sites (N-methyl/N-ethyl adjacent to an activating group) is 1. The van der Waals surface area contributed by atoms with Crippen molar-refractivity contribution in [1.82, 2.24) is 4.90 Å². The zero-order valence-electron chi connectivity index (χ0n) is 18.6. The van der Waals surface area contributed by atoms with E-state index in [-0.39, 0.29) is 29.5 Å². The molecule has 0 fully saturated rings. The number of para-hydroxylation sites is 1. The summed E-state index contributed by atoms with van der Waals surface area (Å²) in [5.41, 5.74) is 0.547. The average molecular weight is 456 g/mol. The van der Waals surface area contributed by atoms with Crippen molar-refractivity contribution >= 4 is 5.97 Å². The fourth-order valence-corrected chi connectivity index (χ4v) is 3.58. The number of carboxylic acids is 1. The molecule has 0 saturated carbocycles. The third kappa shape index (κ3) is 6.29. The van der Waals surface area contributed by atoms with Crippen LogP contribution in [0.3, 0.4) is 0 Å². The Morgan fingerprint density at radius 1 is 1.00 bits per heavy atom. The minimum atomic E-state index is -3.23. The van der Waals surface area contributed by atoms with Gasteiger partial charge in [-0.1, -0.05) is 42.5 Å². The average Bonchev–Trinajstić information content (AvgIpc) is 2.82. The first-order chi connectivity index (χ1) is 15.8. The van der Waals surface area contributed by atoms with E-state index in [0.717, 1.165) is 5.56 Å². The second-order valence-electron chi connectivity index (χ2n) is 7.74. The van der Waals surface area contributed by atoms with Crippen molar-refractivity contribution < 1.29 is 28.2 Å². The molecule has 33 heavy (non-hydrogen) atoms. The number of hydrogen-bond donors (Lipinski definition) is 1. The molecule has 0 aromatic heterocycles. The lowest BCUT2D eigenvalue weighted by molar-refractivity contribution is -0.138. The van der Waals surface area contributed by atoms with Crippen LogP contribution in [-0.4, -0.2) is 43.2 Å². The quantitative estimate of drug-likeness (QED) is 0.422. The van der Waals surface area contributed by atoms with Gasteiger partial charge in [0.15, 0.2) is 0 Å². The molecular formula is C26H27F2NO4. The van der Waals surface area contributed by atoms with Crippen molar-refractivity contribution in [3.8, 4) is 11.5 Å². The predicted molar refractivity (Wildman–Crippen MR) is 122 cm³/mol. The van der Waals surface area contributed by atoms with Crippen LogP contribution in [0, 0.1) is 0 Å². The summed E-state index contributed by atoms with van der Waals surface area (Å²) < 4.78 is 41.5. The van der Waals surface area contributed by atoms with E-state index in [4.69, 9.17) is 14.6 Å². The van der Waals surface area contributed by atoms with E-state index in [2.05, 4.69) is 0 Å². The monoisotopic (exact) mass is 455 g/mol. The first-order valence-electron chi connectivity index (χ1n) is 10.5. The van der Waals surface area contributed by atoms with E-state index in [1.165, 1.54) is 43.5 Å². The van der Waals surface area contributed by atoms with Crippen molar-refractivity contribution in [2.75, 3.05) is 27.2 Å². The Kier molecular flexibility index (Phi) is 8.01. The molecule has 0 bridgehead atoms. The van der Waals surface area contributed by atoms with Gasteiger partial charge in [-0.25, -0.2) is 0 Å². The Bertz CT molecular complexity index is 1040. The molecule has 1 N–H and O–H groups in total. The summed E-state index contributed by atoms with van der Waals surface area (Å²) in [6, 6.07) is 21.3. The first-order valence-corrected chi connectivity index (χ1v) is 10.5. The zero-order chi connectivity index (χ0) is 23.8.